The number of hydrogen-bond donors (Lipinski definition) is 4. The van der Waals surface area contributed by atoms with Crippen molar-refractivity contribution in [3.8, 4) is 28.1 Å². The van der Waals surface area contributed by atoms with Crippen molar-refractivity contribution < 1.29 is 38.1 Å². The van der Waals surface area contributed by atoms with Crippen molar-refractivity contribution in [1.82, 2.24) is 40.4 Å². The maximum absolute atomic E-state index is 14.5. The third kappa shape index (κ3) is 8.25. The SMILES string of the molecule is COC(=O)NC(C(=O)N1[C@@H](C)CC[C@H]1c1ncc(-c2ccc3c(c2)COc2cc4c(ccc5[nH]c([C@@H]6CC[C@H](C)N6C(=O)[C@@H](NC(=O)OC)C(C)C)nc54)cc2-3)[nH]1)C1CC(C)O[C@H](C)C1. The molecule has 0 radical (unpaired) electrons. The van der Waals surface area contributed by atoms with Crippen molar-refractivity contribution in [3.63, 3.8) is 0 Å². The van der Waals surface area contributed by atoms with Gasteiger partial charge in [-0.1, -0.05) is 32.0 Å². The number of rotatable bonds is 9. The van der Waals surface area contributed by atoms with E-state index in [1.807, 2.05) is 56.7 Å². The van der Waals surface area contributed by atoms with E-state index in [-0.39, 0.29) is 60.0 Å². The average molecular weight is 889 g/mol. The summed E-state index contributed by atoms with van der Waals surface area (Å²) in [6, 6.07) is 12.6. The van der Waals surface area contributed by atoms with Crippen molar-refractivity contribution >= 4 is 45.8 Å². The summed E-state index contributed by atoms with van der Waals surface area (Å²) in [5, 5.41) is 7.58. The maximum Gasteiger partial charge on any atom is 0.407 e. The Balaban J connectivity index is 0.959. The highest BCUT2D eigenvalue weighted by molar-refractivity contribution is 6.07. The number of nitrogens with zero attached hydrogens (tertiary/aromatic N) is 4. The molecule has 4 aliphatic heterocycles. The highest BCUT2D eigenvalue weighted by Gasteiger charge is 2.45. The van der Waals surface area contributed by atoms with Gasteiger partial charge in [0.1, 0.15) is 36.1 Å². The molecule has 3 saturated heterocycles. The lowest BCUT2D eigenvalue weighted by molar-refractivity contribution is -0.140. The number of fused-ring (bicyclic) bond motifs is 6. The molecule has 9 rings (SSSR count). The Morgan fingerprint density at radius 2 is 1.46 bits per heavy atom. The fraction of sp³-hybridized carbons (Fsp3) is 0.510. The normalized spacial score (nSPS) is 24.9. The van der Waals surface area contributed by atoms with Gasteiger partial charge in [0.25, 0.3) is 0 Å². The predicted molar refractivity (Wildman–Crippen MR) is 244 cm³/mol. The highest BCUT2D eigenvalue weighted by Crippen LogP contribution is 2.44. The van der Waals surface area contributed by atoms with Gasteiger partial charge in [-0.15, -0.1) is 0 Å². The minimum Gasteiger partial charge on any atom is -0.488 e. The number of amides is 4. The Morgan fingerprint density at radius 1 is 0.785 bits per heavy atom. The molecule has 16 heteroatoms. The van der Waals surface area contributed by atoms with Crippen molar-refractivity contribution in [2.24, 2.45) is 11.8 Å². The van der Waals surface area contributed by atoms with Gasteiger partial charge >= 0.3 is 12.2 Å². The third-order valence-corrected chi connectivity index (χ3v) is 14.1. The molecule has 0 bridgehead atoms. The monoisotopic (exact) mass is 888 g/mol. The van der Waals surface area contributed by atoms with Gasteiger partial charge in [-0.25, -0.2) is 19.6 Å². The van der Waals surface area contributed by atoms with E-state index in [4.69, 9.17) is 28.9 Å². The van der Waals surface area contributed by atoms with E-state index in [1.165, 1.54) is 14.2 Å². The van der Waals surface area contributed by atoms with E-state index < -0.39 is 24.3 Å². The van der Waals surface area contributed by atoms with Gasteiger partial charge in [0.2, 0.25) is 11.8 Å². The van der Waals surface area contributed by atoms with Crippen LogP contribution in [0.1, 0.15) is 109 Å². The van der Waals surface area contributed by atoms with Crippen LogP contribution < -0.4 is 15.4 Å². The van der Waals surface area contributed by atoms with E-state index in [1.54, 1.807) is 0 Å². The van der Waals surface area contributed by atoms with Gasteiger partial charge in [-0.05, 0) is 124 Å². The van der Waals surface area contributed by atoms with E-state index in [9.17, 15) is 19.2 Å². The van der Waals surface area contributed by atoms with Crippen molar-refractivity contribution in [3.05, 3.63) is 65.9 Å². The number of H-pyrrole nitrogens is 2. The largest absolute Gasteiger partial charge is 0.488 e. The molecule has 3 fully saturated rings. The zero-order valence-corrected chi connectivity index (χ0v) is 38.4. The molecule has 4 N–H and O–H groups in total. The molecular weight excluding hydrogens is 829 g/mol. The molecule has 0 aliphatic carbocycles. The highest BCUT2D eigenvalue weighted by atomic mass is 16.5. The standard InChI is InChI=1S/C49H60N8O8/c1-24(2)41(54-48(60)62-7)46(58)57-26(4)10-16-39(57)45-51-36-14-12-29-20-35-33-13-11-30(19-32(33)23-64-40(35)21-34(29)43(36)53-45)37-22-50-44(52-37)38-15-9-25(3)56(38)47(59)42(55-49(61)63-8)31-17-27(5)65-28(6)18-31/h11-14,19-22,24-28,31,38-39,41-42H,9-10,15-18,23H2,1-8H3,(H,50,52)(H,51,53)(H,54,60)(H,55,61)/t25-,26-,27+,28?,31?,38-,39-,41-,42?/m0/s1. The van der Waals surface area contributed by atoms with Crippen LogP contribution in [-0.2, 0) is 30.4 Å². The number of hydrogen-bond acceptors (Lipinski definition) is 10. The second kappa shape index (κ2) is 17.7. The van der Waals surface area contributed by atoms with Crippen LogP contribution in [0.4, 0.5) is 9.59 Å². The lowest BCUT2D eigenvalue weighted by Crippen LogP contribution is -2.55. The minimum absolute atomic E-state index is 0.0292. The molecule has 344 valence electrons. The lowest BCUT2D eigenvalue weighted by Gasteiger charge is -2.39. The number of aromatic amines is 2. The van der Waals surface area contributed by atoms with Crippen LogP contribution in [0.15, 0.2) is 48.7 Å². The first kappa shape index (κ1) is 44.1. The molecule has 3 aromatic carbocycles. The average Bonchev–Trinajstić information content (AvgIpc) is 4.11. The number of carbonyl (C=O) groups excluding carboxylic acids is 4. The van der Waals surface area contributed by atoms with Crippen molar-refractivity contribution in [1.29, 1.82) is 0 Å². The smallest absolute Gasteiger partial charge is 0.407 e. The molecule has 3 unspecified atom stereocenters. The van der Waals surface area contributed by atoms with Crippen LogP contribution in [0.5, 0.6) is 5.75 Å². The summed E-state index contributed by atoms with van der Waals surface area (Å²) in [5.41, 5.74) is 6.57. The van der Waals surface area contributed by atoms with Crippen LogP contribution in [0.25, 0.3) is 44.2 Å². The second-order valence-electron chi connectivity index (χ2n) is 18.8. The molecule has 4 aliphatic rings. The first-order valence-electron chi connectivity index (χ1n) is 23.0. The molecular formula is C49H60N8O8. The molecule has 5 aromatic rings. The summed E-state index contributed by atoms with van der Waals surface area (Å²) in [6.45, 7) is 12.3. The number of benzene rings is 3. The summed E-state index contributed by atoms with van der Waals surface area (Å²) in [6.07, 6.45) is 4.93. The van der Waals surface area contributed by atoms with E-state index in [2.05, 4.69) is 63.9 Å². The topological polar surface area (TPSA) is 193 Å². The van der Waals surface area contributed by atoms with Gasteiger partial charge in [-0.2, -0.15) is 0 Å². The van der Waals surface area contributed by atoms with E-state index >= 15 is 0 Å². The molecule has 6 heterocycles. The van der Waals surface area contributed by atoms with Crippen LogP contribution in [0.2, 0.25) is 0 Å². The van der Waals surface area contributed by atoms with Crippen LogP contribution >= 0.6 is 0 Å². The summed E-state index contributed by atoms with van der Waals surface area (Å²) < 4.78 is 22.2. The van der Waals surface area contributed by atoms with Gasteiger partial charge in [0, 0.05) is 23.0 Å². The predicted octanol–water partition coefficient (Wildman–Crippen LogP) is 8.08. The molecule has 2 aromatic heterocycles. The van der Waals surface area contributed by atoms with Crippen LogP contribution in [0, 0.1) is 11.8 Å². The Morgan fingerprint density at radius 3 is 2.15 bits per heavy atom. The number of ether oxygens (including phenoxy) is 4. The molecule has 65 heavy (non-hydrogen) atoms. The van der Waals surface area contributed by atoms with Gasteiger partial charge in [-0.3, -0.25) is 9.59 Å². The Bertz CT molecular complexity index is 2630. The Kier molecular flexibility index (Phi) is 12.0. The summed E-state index contributed by atoms with van der Waals surface area (Å²) in [7, 11) is 2.61. The summed E-state index contributed by atoms with van der Waals surface area (Å²) in [5.74, 6) is 1.67. The minimum atomic E-state index is -0.747. The molecule has 4 amide bonds. The van der Waals surface area contributed by atoms with Gasteiger partial charge < -0.3 is 49.3 Å². The number of carbonyl (C=O) groups is 4. The number of aromatic nitrogens is 4. The van der Waals surface area contributed by atoms with E-state index in [0.717, 1.165) is 81.2 Å². The third-order valence-electron chi connectivity index (χ3n) is 14.1. The molecule has 0 spiro atoms. The molecule has 0 saturated carbocycles. The maximum atomic E-state index is 14.5. The Hall–Kier alpha value is -6.16. The van der Waals surface area contributed by atoms with Crippen LogP contribution in [-0.4, -0.2) is 104 Å². The van der Waals surface area contributed by atoms with Crippen LogP contribution in [0.3, 0.4) is 0 Å². The fourth-order valence-corrected chi connectivity index (χ4v) is 10.8. The first-order valence-corrected chi connectivity index (χ1v) is 23.0. The van der Waals surface area contributed by atoms with Gasteiger partial charge in [0.15, 0.2) is 0 Å². The number of methoxy groups -OCH3 is 2. The van der Waals surface area contributed by atoms with Crippen molar-refractivity contribution in [2.45, 2.75) is 135 Å². The summed E-state index contributed by atoms with van der Waals surface area (Å²) >= 11 is 0. The zero-order chi connectivity index (χ0) is 45.8. The van der Waals surface area contributed by atoms with Gasteiger partial charge in [0.05, 0.1) is 61.4 Å². The second-order valence-corrected chi connectivity index (χ2v) is 18.8. The number of alkyl carbamates (subject to hydrolysis) is 2. The molecule has 9 atom stereocenters. The number of nitrogens with one attached hydrogen (secondary N) is 4. The fourth-order valence-electron chi connectivity index (χ4n) is 10.8. The quantitative estimate of drug-likeness (QED) is 0.112. The Labute approximate surface area is 378 Å². The first-order chi connectivity index (χ1) is 31.2. The number of imidazole rings is 2. The lowest BCUT2D eigenvalue weighted by atomic mass is 9.85. The molecule has 16 nitrogen and oxygen atoms in total. The summed E-state index contributed by atoms with van der Waals surface area (Å²) in [4.78, 5) is 74.0. The number of likely N-dealkylation sites (tertiary alicyclic amines) is 2. The van der Waals surface area contributed by atoms with Crippen molar-refractivity contribution in [2.75, 3.05) is 14.2 Å². The van der Waals surface area contributed by atoms with E-state index in [0.29, 0.717) is 31.1 Å². The zero-order valence-electron chi connectivity index (χ0n) is 38.4.